The summed E-state index contributed by atoms with van der Waals surface area (Å²) in [6.45, 7) is 0.204. The van der Waals surface area contributed by atoms with Gasteiger partial charge in [-0.25, -0.2) is 0 Å². The maximum atomic E-state index is 12.6. The number of amides is 1. The first-order valence-electron chi connectivity index (χ1n) is 8.26. The monoisotopic (exact) mass is 335 g/mol. The third-order valence-electron chi connectivity index (χ3n) is 4.33. The number of carbonyl (C=O) groups excluding carboxylic acids is 1. The third kappa shape index (κ3) is 3.26. The van der Waals surface area contributed by atoms with E-state index in [1.165, 1.54) is 0 Å². The van der Waals surface area contributed by atoms with Gasteiger partial charge in [0.05, 0.1) is 18.2 Å². The van der Waals surface area contributed by atoms with Crippen LogP contribution in [0.25, 0.3) is 11.4 Å². The quantitative estimate of drug-likeness (QED) is 0.786. The van der Waals surface area contributed by atoms with E-state index in [4.69, 9.17) is 4.52 Å². The first kappa shape index (κ1) is 15.4. The molecule has 1 amide bonds. The summed E-state index contributed by atoms with van der Waals surface area (Å²) in [6, 6.07) is 7.56. The molecule has 3 heterocycles. The Hall–Kier alpha value is -3.09. The van der Waals surface area contributed by atoms with Crippen LogP contribution >= 0.6 is 0 Å². The molecule has 0 aromatic carbocycles. The molecule has 1 aliphatic rings. The van der Waals surface area contributed by atoms with Crippen molar-refractivity contribution >= 4 is 5.91 Å². The van der Waals surface area contributed by atoms with Crippen LogP contribution in [0, 0.1) is 0 Å². The minimum absolute atomic E-state index is 0.0525. The molecule has 0 aliphatic heterocycles. The van der Waals surface area contributed by atoms with Gasteiger partial charge in [0.2, 0.25) is 17.6 Å². The van der Waals surface area contributed by atoms with E-state index in [1.807, 2.05) is 12.1 Å². The van der Waals surface area contributed by atoms with Gasteiger partial charge in [0.15, 0.2) is 0 Å². The van der Waals surface area contributed by atoms with Gasteiger partial charge in [0.25, 0.3) is 0 Å². The second kappa shape index (κ2) is 6.80. The first-order valence-corrected chi connectivity index (χ1v) is 8.26. The van der Waals surface area contributed by atoms with Crippen molar-refractivity contribution in [1.29, 1.82) is 0 Å². The van der Waals surface area contributed by atoms with Gasteiger partial charge in [0.1, 0.15) is 0 Å². The largest absolute Gasteiger partial charge is 0.346 e. The Bertz CT molecular complexity index is 878. The summed E-state index contributed by atoms with van der Waals surface area (Å²) < 4.78 is 5.21. The fourth-order valence-corrected chi connectivity index (χ4v) is 3.10. The normalized spacial score (nSPS) is 16.2. The molecule has 0 spiro atoms. The summed E-state index contributed by atoms with van der Waals surface area (Å²) in [5, 5.41) is 6.82. The number of nitrogens with zero attached hydrogens (tertiary/aromatic N) is 4. The van der Waals surface area contributed by atoms with Crippen LogP contribution in [0.2, 0.25) is 0 Å². The number of fused-ring (bicyclic) bond motifs is 1. The van der Waals surface area contributed by atoms with E-state index in [0.717, 1.165) is 36.1 Å². The van der Waals surface area contributed by atoms with Crippen LogP contribution in [-0.4, -0.2) is 26.0 Å². The molecule has 0 unspecified atom stereocenters. The van der Waals surface area contributed by atoms with Gasteiger partial charge in [-0.2, -0.15) is 4.98 Å². The van der Waals surface area contributed by atoms with Crippen LogP contribution in [0.15, 0.2) is 47.4 Å². The third-order valence-corrected chi connectivity index (χ3v) is 4.33. The summed E-state index contributed by atoms with van der Waals surface area (Å²) in [7, 11) is 0. The lowest BCUT2D eigenvalue weighted by Gasteiger charge is -2.23. The Morgan fingerprint density at radius 1 is 1.24 bits per heavy atom. The Morgan fingerprint density at radius 3 is 3.00 bits per heavy atom. The van der Waals surface area contributed by atoms with E-state index in [0.29, 0.717) is 11.7 Å². The van der Waals surface area contributed by atoms with Crippen LogP contribution in [-0.2, 0) is 17.8 Å². The van der Waals surface area contributed by atoms with Gasteiger partial charge in [-0.3, -0.25) is 14.8 Å². The van der Waals surface area contributed by atoms with Crippen LogP contribution in [0.3, 0.4) is 0 Å². The van der Waals surface area contributed by atoms with Crippen molar-refractivity contribution in [1.82, 2.24) is 25.4 Å². The maximum absolute atomic E-state index is 12.6. The van der Waals surface area contributed by atoms with E-state index < -0.39 is 0 Å². The average Bonchev–Trinajstić information content (AvgIpc) is 3.15. The fourth-order valence-electron chi connectivity index (χ4n) is 3.10. The van der Waals surface area contributed by atoms with Gasteiger partial charge in [-0.1, -0.05) is 11.2 Å². The lowest BCUT2D eigenvalue weighted by Crippen LogP contribution is -2.31. The Labute approximate surface area is 144 Å². The second-order valence-corrected chi connectivity index (χ2v) is 5.96. The molecule has 4 rings (SSSR count). The zero-order valence-electron chi connectivity index (χ0n) is 13.6. The number of carbonyl (C=O) groups is 1. The van der Waals surface area contributed by atoms with Crippen molar-refractivity contribution in [2.45, 2.75) is 31.7 Å². The lowest BCUT2D eigenvalue weighted by molar-refractivity contribution is -0.123. The second-order valence-electron chi connectivity index (χ2n) is 5.96. The Morgan fingerprint density at radius 2 is 2.12 bits per heavy atom. The van der Waals surface area contributed by atoms with Crippen molar-refractivity contribution in [3.8, 4) is 11.4 Å². The Kier molecular flexibility index (Phi) is 4.20. The molecular formula is C18H17N5O2. The van der Waals surface area contributed by atoms with Crippen LogP contribution < -0.4 is 5.32 Å². The topological polar surface area (TPSA) is 93.8 Å². The molecule has 0 bridgehead atoms. The summed E-state index contributed by atoms with van der Waals surface area (Å²) in [5.74, 6) is 0.587. The van der Waals surface area contributed by atoms with Crippen molar-refractivity contribution < 1.29 is 9.32 Å². The van der Waals surface area contributed by atoms with E-state index >= 15 is 0 Å². The highest BCUT2D eigenvalue weighted by atomic mass is 16.5. The van der Waals surface area contributed by atoms with Crippen LogP contribution in [0.5, 0.6) is 0 Å². The van der Waals surface area contributed by atoms with E-state index in [1.54, 1.807) is 30.7 Å². The molecule has 1 N–H and O–H groups in total. The standard InChI is InChI=1S/C18H17N5O2/c24-18(14-5-1-3-12-4-2-8-20-16(12)14)21-11-15-22-17(23-25-15)13-6-9-19-10-7-13/h2,4,6-10,14H,1,3,5,11H2,(H,21,24)/t14-/m1/s1. The van der Waals surface area contributed by atoms with Gasteiger partial charge in [0, 0.05) is 24.2 Å². The van der Waals surface area contributed by atoms with Crippen molar-refractivity contribution in [3.63, 3.8) is 0 Å². The average molecular weight is 335 g/mol. The fraction of sp³-hybridized carbons (Fsp3) is 0.278. The van der Waals surface area contributed by atoms with E-state index in [9.17, 15) is 4.79 Å². The minimum Gasteiger partial charge on any atom is -0.346 e. The maximum Gasteiger partial charge on any atom is 0.246 e. The number of aromatic nitrogens is 4. The number of hydrogen-bond acceptors (Lipinski definition) is 6. The first-order chi connectivity index (χ1) is 12.3. The van der Waals surface area contributed by atoms with Crippen LogP contribution in [0.1, 0.15) is 35.9 Å². The van der Waals surface area contributed by atoms with Crippen LogP contribution in [0.4, 0.5) is 0 Å². The number of aryl methyl sites for hydroxylation is 1. The summed E-state index contributed by atoms with van der Waals surface area (Å²) >= 11 is 0. The zero-order valence-corrected chi connectivity index (χ0v) is 13.6. The number of pyridine rings is 2. The molecule has 7 heteroatoms. The molecule has 7 nitrogen and oxygen atoms in total. The lowest BCUT2D eigenvalue weighted by atomic mass is 9.86. The highest BCUT2D eigenvalue weighted by molar-refractivity contribution is 5.83. The van der Waals surface area contributed by atoms with Crippen molar-refractivity contribution in [2.75, 3.05) is 0 Å². The summed E-state index contributed by atoms with van der Waals surface area (Å²) in [6.07, 6.45) is 7.85. The Balaban J connectivity index is 1.42. The molecular weight excluding hydrogens is 318 g/mol. The number of rotatable bonds is 4. The molecule has 0 saturated heterocycles. The zero-order chi connectivity index (χ0) is 17.1. The minimum atomic E-state index is -0.215. The summed E-state index contributed by atoms with van der Waals surface area (Å²) in [5.41, 5.74) is 2.86. The molecule has 25 heavy (non-hydrogen) atoms. The molecule has 1 aliphatic carbocycles. The highest BCUT2D eigenvalue weighted by Crippen LogP contribution is 2.29. The molecule has 126 valence electrons. The molecule has 0 radical (unpaired) electrons. The predicted octanol–water partition coefficient (Wildman–Crippen LogP) is 2.26. The molecule has 3 aromatic heterocycles. The summed E-state index contributed by atoms with van der Waals surface area (Å²) in [4.78, 5) is 25.2. The van der Waals surface area contributed by atoms with Crippen molar-refractivity contribution in [2.24, 2.45) is 0 Å². The SMILES string of the molecule is O=C(NCc1nc(-c2ccncc2)no1)[C@@H]1CCCc2cccnc21. The van der Waals surface area contributed by atoms with Gasteiger partial charge in [-0.05, 0) is 43.0 Å². The van der Waals surface area contributed by atoms with E-state index in [-0.39, 0.29) is 18.4 Å². The smallest absolute Gasteiger partial charge is 0.246 e. The van der Waals surface area contributed by atoms with Crippen molar-refractivity contribution in [3.05, 3.63) is 60.0 Å². The molecule has 3 aromatic rings. The number of hydrogen-bond donors (Lipinski definition) is 1. The molecule has 1 atom stereocenters. The molecule has 0 fully saturated rings. The molecule has 0 saturated carbocycles. The van der Waals surface area contributed by atoms with E-state index in [2.05, 4.69) is 25.4 Å². The van der Waals surface area contributed by atoms with Gasteiger partial charge in [-0.15, -0.1) is 0 Å². The number of nitrogens with one attached hydrogen (secondary N) is 1. The van der Waals surface area contributed by atoms with Gasteiger partial charge < -0.3 is 9.84 Å². The predicted molar refractivity (Wildman–Crippen MR) is 89.3 cm³/mol. The highest BCUT2D eigenvalue weighted by Gasteiger charge is 2.27. The van der Waals surface area contributed by atoms with Gasteiger partial charge >= 0.3 is 0 Å².